The van der Waals surface area contributed by atoms with Crippen LogP contribution in [0.1, 0.15) is 21.5 Å². The Bertz CT molecular complexity index is 924. The van der Waals surface area contributed by atoms with E-state index in [1.54, 1.807) is 36.5 Å². The van der Waals surface area contributed by atoms with Crippen molar-refractivity contribution in [1.82, 2.24) is 4.57 Å². The zero-order valence-corrected chi connectivity index (χ0v) is 12.6. The van der Waals surface area contributed by atoms with Gasteiger partial charge in [-0.25, -0.2) is 4.79 Å². The van der Waals surface area contributed by atoms with Gasteiger partial charge in [-0.05, 0) is 41.5 Å². The first kappa shape index (κ1) is 15.6. The first-order chi connectivity index (χ1) is 11.4. The quantitative estimate of drug-likeness (QED) is 0.670. The van der Waals surface area contributed by atoms with Crippen molar-refractivity contribution in [3.8, 4) is 5.75 Å². The predicted octanol–water partition coefficient (Wildman–Crippen LogP) is 2.72. The van der Waals surface area contributed by atoms with Gasteiger partial charge in [0.25, 0.3) is 0 Å². The van der Waals surface area contributed by atoms with Crippen molar-refractivity contribution >= 4 is 22.8 Å². The van der Waals surface area contributed by atoms with Crippen molar-refractivity contribution < 1.29 is 24.9 Å². The van der Waals surface area contributed by atoms with Crippen molar-refractivity contribution in [3.05, 3.63) is 65.4 Å². The number of carboxylic acid groups (broad SMARTS) is 2. The largest absolute Gasteiger partial charge is 0.508 e. The van der Waals surface area contributed by atoms with Crippen LogP contribution in [-0.4, -0.2) is 31.8 Å². The summed E-state index contributed by atoms with van der Waals surface area (Å²) in [4.78, 5) is 22.2. The Labute approximate surface area is 137 Å². The van der Waals surface area contributed by atoms with Crippen molar-refractivity contribution in [1.29, 1.82) is 0 Å². The zero-order valence-electron chi connectivity index (χ0n) is 12.6. The molecule has 3 aromatic rings. The number of phenolic OH excluding ortho intramolecular Hbond substituents is 1. The molecule has 0 spiro atoms. The van der Waals surface area contributed by atoms with E-state index in [1.165, 1.54) is 12.1 Å². The fraction of sp³-hybridized carbons (Fsp3) is 0.111. The molecule has 0 aliphatic rings. The van der Waals surface area contributed by atoms with Gasteiger partial charge in [-0.2, -0.15) is 0 Å². The van der Waals surface area contributed by atoms with E-state index < -0.39 is 11.9 Å². The molecule has 2 aromatic carbocycles. The number of aromatic carboxylic acids is 1. The van der Waals surface area contributed by atoms with E-state index in [0.717, 1.165) is 11.1 Å². The summed E-state index contributed by atoms with van der Waals surface area (Å²) >= 11 is 0. The molecular formula is C18H15NO5. The Kier molecular flexibility index (Phi) is 3.95. The molecule has 0 radical (unpaired) electrons. The van der Waals surface area contributed by atoms with Crippen LogP contribution in [0.25, 0.3) is 10.9 Å². The number of aromatic nitrogens is 1. The number of rotatable bonds is 5. The van der Waals surface area contributed by atoms with E-state index in [0.29, 0.717) is 17.5 Å². The molecule has 3 N–H and O–H groups in total. The number of phenols is 1. The van der Waals surface area contributed by atoms with Gasteiger partial charge < -0.3 is 19.9 Å². The fourth-order valence-corrected chi connectivity index (χ4v) is 2.74. The minimum Gasteiger partial charge on any atom is -0.508 e. The van der Waals surface area contributed by atoms with Crippen LogP contribution in [0.2, 0.25) is 0 Å². The maximum absolute atomic E-state index is 11.2. The topological polar surface area (TPSA) is 99.8 Å². The van der Waals surface area contributed by atoms with Crippen molar-refractivity contribution in [2.75, 3.05) is 0 Å². The van der Waals surface area contributed by atoms with Gasteiger partial charge in [0, 0.05) is 23.6 Å². The molecule has 0 saturated heterocycles. The Morgan fingerprint density at radius 3 is 2.33 bits per heavy atom. The van der Waals surface area contributed by atoms with Crippen LogP contribution in [0, 0.1) is 0 Å². The summed E-state index contributed by atoms with van der Waals surface area (Å²) in [5, 5.41) is 28.2. The van der Waals surface area contributed by atoms with E-state index in [4.69, 9.17) is 10.2 Å². The molecule has 6 heteroatoms. The lowest BCUT2D eigenvalue weighted by Crippen LogP contribution is -2.00. The Morgan fingerprint density at radius 2 is 1.71 bits per heavy atom. The second-order valence-electron chi connectivity index (χ2n) is 5.56. The highest BCUT2D eigenvalue weighted by Gasteiger charge is 2.14. The van der Waals surface area contributed by atoms with Crippen LogP contribution < -0.4 is 0 Å². The van der Waals surface area contributed by atoms with E-state index in [2.05, 4.69) is 0 Å². The van der Waals surface area contributed by atoms with Crippen LogP contribution in [-0.2, 0) is 17.8 Å². The van der Waals surface area contributed by atoms with Crippen LogP contribution in [0.3, 0.4) is 0 Å². The summed E-state index contributed by atoms with van der Waals surface area (Å²) in [7, 11) is 0. The molecule has 3 rings (SSSR count). The molecule has 1 aromatic heterocycles. The van der Waals surface area contributed by atoms with Crippen LogP contribution in [0.5, 0.6) is 5.75 Å². The minimum atomic E-state index is -1.05. The van der Waals surface area contributed by atoms with Crippen LogP contribution in [0.15, 0.2) is 48.7 Å². The number of hydrogen-bond acceptors (Lipinski definition) is 3. The van der Waals surface area contributed by atoms with Crippen LogP contribution >= 0.6 is 0 Å². The molecular weight excluding hydrogens is 310 g/mol. The van der Waals surface area contributed by atoms with Gasteiger partial charge in [0.15, 0.2) is 0 Å². The molecule has 0 aliphatic carbocycles. The third kappa shape index (κ3) is 3.08. The number of aromatic hydroxyl groups is 1. The molecule has 0 fully saturated rings. The number of hydrogen-bond donors (Lipinski definition) is 3. The third-order valence-corrected chi connectivity index (χ3v) is 3.84. The summed E-state index contributed by atoms with van der Waals surface area (Å²) < 4.78 is 1.88. The molecule has 0 atom stereocenters. The first-order valence-electron chi connectivity index (χ1n) is 7.29. The Morgan fingerprint density at radius 1 is 1.00 bits per heavy atom. The van der Waals surface area contributed by atoms with Gasteiger partial charge in [0.05, 0.1) is 12.0 Å². The minimum absolute atomic E-state index is 0.122. The number of fused-ring (bicyclic) bond motifs is 1. The maximum atomic E-state index is 11.2. The van der Waals surface area contributed by atoms with Gasteiger partial charge in [0.2, 0.25) is 0 Å². The summed E-state index contributed by atoms with van der Waals surface area (Å²) in [6, 6.07) is 11.4. The monoisotopic (exact) mass is 325 g/mol. The summed E-state index contributed by atoms with van der Waals surface area (Å²) in [6.45, 7) is 0.489. The lowest BCUT2D eigenvalue weighted by molar-refractivity contribution is -0.136. The highest BCUT2D eigenvalue weighted by atomic mass is 16.4. The smallest absolute Gasteiger partial charge is 0.335 e. The average molecular weight is 325 g/mol. The lowest BCUT2D eigenvalue weighted by atomic mass is 10.1. The average Bonchev–Trinajstić information content (AvgIpc) is 2.86. The molecule has 1 heterocycles. The third-order valence-electron chi connectivity index (χ3n) is 3.84. The standard InChI is InChI=1S/C18H15NO5/c20-14-4-1-11(2-5-14)9-19-10-13(8-17(21)22)15-7-12(18(23)24)3-6-16(15)19/h1-7,10,20H,8-9H2,(H,21,22)(H,23,24). The van der Waals surface area contributed by atoms with E-state index in [9.17, 15) is 14.7 Å². The molecule has 0 saturated carbocycles. The summed E-state index contributed by atoms with van der Waals surface area (Å²) in [5.41, 5.74) is 2.40. The molecule has 0 amide bonds. The van der Waals surface area contributed by atoms with Crippen molar-refractivity contribution in [2.24, 2.45) is 0 Å². The van der Waals surface area contributed by atoms with E-state index >= 15 is 0 Å². The number of carboxylic acids is 2. The number of carbonyl (C=O) groups is 2. The summed E-state index contributed by atoms with van der Waals surface area (Å²) in [6.07, 6.45) is 1.55. The van der Waals surface area contributed by atoms with Gasteiger partial charge >= 0.3 is 11.9 Å². The molecule has 122 valence electrons. The van der Waals surface area contributed by atoms with Crippen molar-refractivity contribution in [2.45, 2.75) is 13.0 Å². The number of benzene rings is 2. The predicted molar refractivity (Wildman–Crippen MR) is 87.4 cm³/mol. The first-order valence-corrected chi connectivity index (χ1v) is 7.29. The van der Waals surface area contributed by atoms with Crippen molar-refractivity contribution in [3.63, 3.8) is 0 Å². The molecule has 0 bridgehead atoms. The number of nitrogens with zero attached hydrogens (tertiary/aromatic N) is 1. The van der Waals surface area contributed by atoms with Gasteiger partial charge in [-0.3, -0.25) is 4.79 Å². The molecule has 24 heavy (non-hydrogen) atoms. The van der Waals surface area contributed by atoms with E-state index in [-0.39, 0.29) is 17.7 Å². The lowest BCUT2D eigenvalue weighted by Gasteiger charge is -2.06. The SMILES string of the molecule is O=C(O)Cc1cn(Cc2ccc(O)cc2)c2ccc(C(=O)O)cc12. The maximum Gasteiger partial charge on any atom is 0.335 e. The number of aliphatic carboxylic acids is 1. The van der Waals surface area contributed by atoms with Crippen LogP contribution in [0.4, 0.5) is 0 Å². The zero-order chi connectivity index (χ0) is 17.3. The fourth-order valence-electron chi connectivity index (χ4n) is 2.74. The molecule has 6 nitrogen and oxygen atoms in total. The second kappa shape index (κ2) is 6.08. The van der Waals surface area contributed by atoms with E-state index in [1.807, 2.05) is 4.57 Å². The Balaban J connectivity index is 2.08. The highest BCUT2D eigenvalue weighted by Crippen LogP contribution is 2.25. The van der Waals surface area contributed by atoms with Gasteiger partial charge in [0.1, 0.15) is 5.75 Å². The highest BCUT2D eigenvalue weighted by molar-refractivity contribution is 5.96. The second-order valence-corrected chi connectivity index (χ2v) is 5.56. The summed E-state index contributed by atoms with van der Waals surface area (Å²) in [5.74, 6) is -1.85. The molecule has 0 unspecified atom stereocenters. The molecule has 0 aliphatic heterocycles. The van der Waals surface area contributed by atoms with Gasteiger partial charge in [-0.15, -0.1) is 0 Å². The Hall–Kier alpha value is -3.28. The normalized spacial score (nSPS) is 10.8. The van der Waals surface area contributed by atoms with Gasteiger partial charge in [-0.1, -0.05) is 12.1 Å².